The molecule has 0 N–H and O–H groups in total. The van der Waals surface area contributed by atoms with Crippen molar-refractivity contribution in [2.45, 2.75) is 117 Å². The SMILES string of the molecule is CCC(CF)Oc1ccc(COc2cnn(C(C)(C)C)c(=O)c2Cl)cc1.CCC(COS(=O)(=O)c1ccc(C)cc1)Oc1ccc(COc2cnn(C(C)(C)C)c(=O)c2Cl)cc1. The Bertz CT molecular complexity index is 2450. The first-order valence-electron chi connectivity index (χ1n) is 20.0. The minimum Gasteiger partial charge on any atom is -0.488 e. The highest BCUT2D eigenvalue weighted by atomic mass is 35.5. The van der Waals surface area contributed by atoms with Crippen molar-refractivity contribution < 1.29 is 35.9 Å². The number of hydrogen-bond acceptors (Lipinski definition) is 11. The summed E-state index contributed by atoms with van der Waals surface area (Å²) in [5.41, 5.74) is 0.878. The average molecular weight is 918 g/mol. The number of aryl methyl sites for hydroxylation is 1. The largest absolute Gasteiger partial charge is 0.488 e. The van der Waals surface area contributed by atoms with Crippen LogP contribution in [0.15, 0.2) is 99.7 Å². The fourth-order valence-electron chi connectivity index (χ4n) is 5.43. The van der Waals surface area contributed by atoms with E-state index >= 15 is 0 Å². The van der Waals surface area contributed by atoms with Crippen molar-refractivity contribution in [3.63, 3.8) is 0 Å². The third-order valence-corrected chi connectivity index (χ3v) is 11.1. The van der Waals surface area contributed by atoms with Gasteiger partial charge in [-0.3, -0.25) is 13.8 Å². The van der Waals surface area contributed by atoms with Crippen molar-refractivity contribution >= 4 is 33.3 Å². The molecule has 62 heavy (non-hydrogen) atoms. The number of benzene rings is 3. The van der Waals surface area contributed by atoms with Crippen LogP contribution in [0.1, 0.15) is 84.9 Å². The lowest BCUT2D eigenvalue weighted by Crippen LogP contribution is -2.36. The fourth-order valence-corrected chi connectivity index (χ4v) is 6.73. The van der Waals surface area contributed by atoms with Crippen molar-refractivity contribution in [1.82, 2.24) is 19.6 Å². The van der Waals surface area contributed by atoms with Crippen LogP contribution in [0.2, 0.25) is 10.0 Å². The van der Waals surface area contributed by atoms with E-state index in [2.05, 4.69) is 10.2 Å². The van der Waals surface area contributed by atoms with Gasteiger partial charge < -0.3 is 18.9 Å². The van der Waals surface area contributed by atoms with Gasteiger partial charge in [0.15, 0.2) is 21.5 Å². The van der Waals surface area contributed by atoms with Crippen LogP contribution in [0, 0.1) is 6.92 Å². The molecule has 13 nitrogen and oxygen atoms in total. The number of ether oxygens (including phenoxy) is 4. The molecule has 2 aromatic heterocycles. The molecule has 0 spiro atoms. The van der Waals surface area contributed by atoms with Crippen molar-refractivity contribution in [2.75, 3.05) is 13.3 Å². The first-order valence-corrected chi connectivity index (χ1v) is 22.2. The molecule has 0 aliphatic heterocycles. The molecule has 2 heterocycles. The Balaban J connectivity index is 0.000000287. The van der Waals surface area contributed by atoms with E-state index in [1.165, 1.54) is 33.9 Å². The maximum atomic E-state index is 12.7. The summed E-state index contributed by atoms with van der Waals surface area (Å²) in [6.07, 6.45) is 3.15. The van der Waals surface area contributed by atoms with Gasteiger partial charge in [0.05, 0.1) is 28.4 Å². The van der Waals surface area contributed by atoms with Crippen molar-refractivity contribution in [2.24, 2.45) is 0 Å². The Hall–Kier alpha value is -4.96. The molecule has 0 bridgehead atoms. The van der Waals surface area contributed by atoms with Crippen LogP contribution in [0.4, 0.5) is 4.39 Å². The zero-order valence-corrected chi connectivity index (χ0v) is 38.8. The molecule has 2 atom stereocenters. The smallest absolute Gasteiger partial charge is 0.297 e. The first-order chi connectivity index (χ1) is 29.2. The zero-order valence-electron chi connectivity index (χ0n) is 36.5. The first kappa shape index (κ1) is 49.7. The fraction of sp³-hybridized carbons (Fsp3) is 0.422. The maximum absolute atomic E-state index is 12.7. The molecule has 0 aliphatic carbocycles. The molecular weight excluding hydrogens is 862 g/mol. The van der Waals surface area contributed by atoms with Crippen LogP contribution in [0.5, 0.6) is 23.0 Å². The highest BCUT2D eigenvalue weighted by molar-refractivity contribution is 7.86. The van der Waals surface area contributed by atoms with Crippen LogP contribution in [-0.2, 0) is 38.6 Å². The summed E-state index contributed by atoms with van der Waals surface area (Å²) in [4.78, 5) is 24.9. The van der Waals surface area contributed by atoms with Gasteiger partial charge in [-0.2, -0.15) is 18.6 Å². The van der Waals surface area contributed by atoms with E-state index in [9.17, 15) is 22.4 Å². The Kier molecular flexibility index (Phi) is 17.6. The van der Waals surface area contributed by atoms with Crippen molar-refractivity contribution in [1.29, 1.82) is 0 Å². The Morgan fingerprint density at radius 3 is 1.44 bits per heavy atom. The number of hydrogen-bond donors (Lipinski definition) is 0. The van der Waals surface area contributed by atoms with Crippen LogP contribution in [0.3, 0.4) is 0 Å². The van der Waals surface area contributed by atoms with E-state index in [1.54, 1.807) is 36.4 Å². The van der Waals surface area contributed by atoms with E-state index in [-0.39, 0.29) is 46.3 Å². The van der Waals surface area contributed by atoms with E-state index in [0.717, 1.165) is 16.7 Å². The van der Waals surface area contributed by atoms with E-state index < -0.39 is 51.2 Å². The molecule has 0 radical (unpaired) electrons. The van der Waals surface area contributed by atoms with E-state index in [0.29, 0.717) is 24.3 Å². The molecule has 3 aromatic carbocycles. The summed E-state index contributed by atoms with van der Waals surface area (Å²) in [6, 6.07) is 20.8. The number of aromatic nitrogens is 4. The molecule has 17 heteroatoms. The molecule has 0 fully saturated rings. The standard InChI is InChI=1S/C26H31ClN2O6S.C19H24ClFN2O3/c1-6-20(17-34-36(31,32)22-13-7-18(2)8-14-22)35-21-11-9-19(10-12-21)16-33-23-15-28-29(26(3,4)5)25(30)24(23)27;1-5-14(10-21)26-15-8-6-13(7-9-15)12-25-16-11-22-23(19(2,3)4)18(24)17(16)20/h7-15,20H,6,16-17H2,1-5H3;6-9,11,14H,5,10,12H2,1-4H3. The summed E-state index contributed by atoms with van der Waals surface area (Å²) in [7, 11) is -3.87. The third kappa shape index (κ3) is 14.0. The molecule has 0 saturated carbocycles. The van der Waals surface area contributed by atoms with Crippen molar-refractivity contribution in [3.05, 3.63) is 133 Å². The minimum atomic E-state index is -3.87. The number of nitrogens with zero attached hydrogens (tertiary/aromatic N) is 4. The third-order valence-electron chi connectivity index (χ3n) is 9.09. The van der Waals surface area contributed by atoms with Gasteiger partial charge in [0.1, 0.15) is 50.2 Å². The monoisotopic (exact) mass is 916 g/mol. The lowest BCUT2D eigenvalue weighted by Gasteiger charge is -2.21. The number of halogens is 3. The molecule has 0 amide bonds. The predicted octanol–water partition coefficient (Wildman–Crippen LogP) is 9.46. The quantitative estimate of drug-likeness (QED) is 0.0821. The van der Waals surface area contributed by atoms with Crippen molar-refractivity contribution in [3.8, 4) is 23.0 Å². The second-order valence-electron chi connectivity index (χ2n) is 16.3. The lowest BCUT2D eigenvalue weighted by molar-refractivity contribution is 0.128. The Labute approximate surface area is 372 Å². The second kappa shape index (κ2) is 21.9. The summed E-state index contributed by atoms with van der Waals surface area (Å²) in [5, 5.41) is 8.27. The van der Waals surface area contributed by atoms with Gasteiger partial charge in [-0.1, -0.05) is 79.0 Å². The van der Waals surface area contributed by atoms with Gasteiger partial charge in [-0.05, 0) is 109 Å². The van der Waals surface area contributed by atoms with Gasteiger partial charge >= 0.3 is 0 Å². The molecule has 0 saturated heterocycles. The summed E-state index contributed by atoms with van der Waals surface area (Å²) in [5.74, 6) is 1.61. The minimum absolute atomic E-state index is 0.00334. The molecule has 336 valence electrons. The van der Waals surface area contributed by atoms with Crippen LogP contribution >= 0.6 is 23.2 Å². The molecule has 5 aromatic rings. The maximum Gasteiger partial charge on any atom is 0.297 e. The number of alkyl halides is 1. The normalized spacial score (nSPS) is 12.8. The lowest BCUT2D eigenvalue weighted by atomic mass is 10.1. The van der Waals surface area contributed by atoms with Gasteiger partial charge in [0.25, 0.3) is 21.2 Å². The zero-order chi connectivity index (χ0) is 45.8. The topological polar surface area (TPSA) is 150 Å². The number of rotatable bonds is 17. The van der Waals surface area contributed by atoms with Gasteiger partial charge in [0.2, 0.25) is 0 Å². The molecule has 5 rings (SSSR count). The van der Waals surface area contributed by atoms with Crippen LogP contribution in [-0.4, -0.2) is 53.5 Å². The van der Waals surface area contributed by atoms with Crippen LogP contribution in [0.25, 0.3) is 0 Å². The molecule has 0 aliphatic rings. The Morgan fingerprint density at radius 2 is 1.06 bits per heavy atom. The highest BCUT2D eigenvalue weighted by Gasteiger charge is 2.22. The summed E-state index contributed by atoms with van der Waals surface area (Å²) < 4.78 is 68.2. The highest BCUT2D eigenvalue weighted by Crippen LogP contribution is 2.25. The van der Waals surface area contributed by atoms with Gasteiger partial charge in [-0.25, -0.2) is 13.8 Å². The van der Waals surface area contributed by atoms with Gasteiger partial charge in [0, 0.05) is 0 Å². The predicted molar refractivity (Wildman–Crippen MR) is 238 cm³/mol. The van der Waals surface area contributed by atoms with E-state index in [1.807, 2.05) is 86.6 Å². The summed E-state index contributed by atoms with van der Waals surface area (Å²) >= 11 is 12.3. The summed E-state index contributed by atoms with van der Waals surface area (Å²) in [6.45, 7) is 16.6. The average Bonchev–Trinajstić information content (AvgIpc) is 3.23. The van der Waals surface area contributed by atoms with Crippen LogP contribution < -0.4 is 30.1 Å². The molecule has 2 unspecified atom stereocenters. The molecular formula is C45H55Cl2FN4O9S. The Morgan fingerprint density at radius 1 is 0.661 bits per heavy atom. The van der Waals surface area contributed by atoms with Gasteiger partial charge in [-0.15, -0.1) is 0 Å². The second-order valence-corrected chi connectivity index (χ2v) is 18.7. The van der Waals surface area contributed by atoms with E-state index in [4.69, 9.17) is 46.3 Å².